The number of rotatable bonds is 15. The molecule has 4 nitrogen and oxygen atoms in total. The summed E-state index contributed by atoms with van der Waals surface area (Å²) in [7, 11) is 0. The Morgan fingerprint density at radius 3 is 2.61 bits per heavy atom. The molecule has 0 aromatic heterocycles. The van der Waals surface area contributed by atoms with E-state index in [0.717, 1.165) is 55.4 Å². The molecule has 4 heteroatoms. The van der Waals surface area contributed by atoms with Crippen molar-refractivity contribution in [1.82, 2.24) is 0 Å². The number of aliphatic carboxylic acids is 1. The van der Waals surface area contributed by atoms with Crippen molar-refractivity contribution in [3.05, 3.63) is 23.8 Å². The van der Waals surface area contributed by atoms with Crippen molar-refractivity contribution in [2.24, 2.45) is 11.8 Å². The van der Waals surface area contributed by atoms with Crippen LogP contribution in [-0.4, -0.2) is 23.3 Å². The second kappa shape index (κ2) is 13.0. The van der Waals surface area contributed by atoms with Gasteiger partial charge in [0, 0.05) is 6.42 Å². The number of ether oxygens (including phenoxy) is 2. The van der Waals surface area contributed by atoms with Gasteiger partial charge < -0.3 is 14.6 Å². The van der Waals surface area contributed by atoms with Crippen molar-refractivity contribution in [1.29, 1.82) is 0 Å². The van der Waals surface area contributed by atoms with Crippen LogP contribution in [0.3, 0.4) is 0 Å². The largest absolute Gasteiger partial charge is 0.494 e. The van der Waals surface area contributed by atoms with Crippen LogP contribution in [0.1, 0.15) is 104 Å². The fourth-order valence-electron chi connectivity index (χ4n) is 4.42. The topological polar surface area (TPSA) is 55.8 Å². The van der Waals surface area contributed by atoms with Crippen LogP contribution in [0.25, 0.3) is 0 Å². The van der Waals surface area contributed by atoms with Gasteiger partial charge >= 0.3 is 5.97 Å². The number of hydrogen-bond acceptors (Lipinski definition) is 3. The summed E-state index contributed by atoms with van der Waals surface area (Å²) in [4.78, 5) is 10.5. The molecule has 31 heavy (non-hydrogen) atoms. The molecule has 2 rings (SSSR count). The first-order valence-corrected chi connectivity index (χ1v) is 12.4. The Hall–Kier alpha value is -1.71. The molecule has 0 saturated carbocycles. The molecule has 1 aliphatic rings. The molecule has 0 radical (unpaired) electrons. The molecule has 1 aliphatic heterocycles. The molecule has 1 N–H and O–H groups in total. The van der Waals surface area contributed by atoms with E-state index in [0.29, 0.717) is 13.0 Å². The number of unbranched alkanes of at least 4 members (excludes halogenated alkanes) is 2. The monoisotopic (exact) mass is 432 g/mol. The Labute approximate surface area is 189 Å². The summed E-state index contributed by atoms with van der Waals surface area (Å²) in [6.07, 6.45) is 12.5. The van der Waals surface area contributed by atoms with Gasteiger partial charge in [0.1, 0.15) is 17.1 Å². The Balaban J connectivity index is 1.70. The third-order valence-electron chi connectivity index (χ3n) is 6.50. The maximum absolute atomic E-state index is 10.5. The van der Waals surface area contributed by atoms with Crippen LogP contribution in [0.4, 0.5) is 0 Å². The molecule has 0 aliphatic carbocycles. The van der Waals surface area contributed by atoms with Crippen LogP contribution in [0, 0.1) is 11.8 Å². The second-order valence-electron chi connectivity index (χ2n) is 10.2. The van der Waals surface area contributed by atoms with Gasteiger partial charge in [0.05, 0.1) is 6.61 Å². The van der Waals surface area contributed by atoms with E-state index in [4.69, 9.17) is 14.6 Å². The third-order valence-corrected chi connectivity index (χ3v) is 6.50. The van der Waals surface area contributed by atoms with Crippen LogP contribution in [-0.2, 0) is 11.2 Å². The SMILES string of the molecule is CC(C)CCCC(C)CCCC1(C)CCc2cc(OCCCCCC(=O)O)ccc2O1. The summed E-state index contributed by atoms with van der Waals surface area (Å²) < 4.78 is 12.3. The predicted octanol–water partition coefficient (Wildman–Crippen LogP) is 7.43. The van der Waals surface area contributed by atoms with E-state index in [9.17, 15) is 4.79 Å². The van der Waals surface area contributed by atoms with Crippen molar-refractivity contribution < 1.29 is 19.4 Å². The highest BCUT2D eigenvalue weighted by atomic mass is 16.5. The predicted molar refractivity (Wildman–Crippen MR) is 127 cm³/mol. The summed E-state index contributed by atoms with van der Waals surface area (Å²) in [6.45, 7) is 9.91. The lowest BCUT2D eigenvalue weighted by molar-refractivity contribution is -0.137. The number of carboxylic acids is 1. The van der Waals surface area contributed by atoms with Crippen LogP contribution < -0.4 is 9.47 Å². The van der Waals surface area contributed by atoms with E-state index < -0.39 is 5.97 Å². The highest BCUT2D eigenvalue weighted by Crippen LogP contribution is 2.38. The zero-order valence-corrected chi connectivity index (χ0v) is 20.3. The molecular formula is C27H44O4. The molecule has 0 fully saturated rings. The second-order valence-corrected chi connectivity index (χ2v) is 10.2. The zero-order chi connectivity index (χ0) is 22.7. The van der Waals surface area contributed by atoms with Crippen molar-refractivity contribution in [3.63, 3.8) is 0 Å². The minimum absolute atomic E-state index is 0.0584. The minimum Gasteiger partial charge on any atom is -0.494 e. The molecule has 1 aromatic rings. The lowest BCUT2D eigenvalue weighted by Gasteiger charge is -2.36. The van der Waals surface area contributed by atoms with Crippen molar-refractivity contribution >= 4 is 5.97 Å². The van der Waals surface area contributed by atoms with E-state index in [2.05, 4.69) is 39.8 Å². The molecule has 2 unspecified atom stereocenters. The fraction of sp³-hybridized carbons (Fsp3) is 0.741. The maximum Gasteiger partial charge on any atom is 0.303 e. The van der Waals surface area contributed by atoms with Gasteiger partial charge in [0.15, 0.2) is 0 Å². The molecular weight excluding hydrogens is 388 g/mol. The number of benzene rings is 1. The first-order chi connectivity index (χ1) is 14.8. The molecule has 0 saturated heterocycles. The quantitative estimate of drug-likeness (QED) is 0.293. The van der Waals surface area contributed by atoms with Crippen molar-refractivity contribution in [3.8, 4) is 11.5 Å². The van der Waals surface area contributed by atoms with E-state index in [1.165, 1.54) is 37.7 Å². The Bertz CT molecular complexity index is 669. The number of carbonyl (C=O) groups is 1. The normalized spacial score (nSPS) is 19.0. The van der Waals surface area contributed by atoms with E-state index >= 15 is 0 Å². The first-order valence-electron chi connectivity index (χ1n) is 12.4. The Morgan fingerprint density at radius 1 is 1.10 bits per heavy atom. The molecule has 1 aromatic carbocycles. The van der Waals surface area contributed by atoms with Gasteiger partial charge in [-0.05, 0) is 87.5 Å². The van der Waals surface area contributed by atoms with Crippen LogP contribution >= 0.6 is 0 Å². The van der Waals surface area contributed by atoms with Gasteiger partial charge in [-0.2, -0.15) is 0 Å². The van der Waals surface area contributed by atoms with Crippen molar-refractivity contribution in [2.75, 3.05) is 6.61 Å². The van der Waals surface area contributed by atoms with Gasteiger partial charge in [0.2, 0.25) is 0 Å². The van der Waals surface area contributed by atoms with E-state index in [1.54, 1.807) is 0 Å². The van der Waals surface area contributed by atoms with Crippen molar-refractivity contribution in [2.45, 2.75) is 110 Å². The zero-order valence-electron chi connectivity index (χ0n) is 20.3. The third kappa shape index (κ3) is 9.97. The van der Waals surface area contributed by atoms with E-state index in [1.807, 2.05) is 6.07 Å². The Morgan fingerprint density at radius 2 is 1.87 bits per heavy atom. The minimum atomic E-state index is -0.723. The summed E-state index contributed by atoms with van der Waals surface area (Å²) in [5, 5.41) is 8.67. The molecule has 0 amide bonds. The highest BCUT2D eigenvalue weighted by molar-refractivity contribution is 5.66. The first kappa shape index (κ1) is 25.5. The maximum atomic E-state index is 10.5. The number of fused-ring (bicyclic) bond motifs is 1. The lowest BCUT2D eigenvalue weighted by Crippen LogP contribution is -2.36. The molecule has 2 atom stereocenters. The highest BCUT2D eigenvalue weighted by Gasteiger charge is 2.31. The van der Waals surface area contributed by atoms with E-state index in [-0.39, 0.29) is 12.0 Å². The van der Waals surface area contributed by atoms with Gasteiger partial charge in [-0.1, -0.05) is 46.5 Å². The van der Waals surface area contributed by atoms with Crippen LogP contribution in [0.5, 0.6) is 11.5 Å². The van der Waals surface area contributed by atoms with Gasteiger partial charge in [-0.25, -0.2) is 0 Å². The Kier molecular flexibility index (Phi) is 10.7. The summed E-state index contributed by atoms with van der Waals surface area (Å²) in [5.41, 5.74) is 1.18. The fourth-order valence-corrected chi connectivity index (χ4v) is 4.42. The standard InChI is InChI=1S/C27H44O4/c1-21(2)10-8-11-22(3)12-9-17-27(4)18-16-23-20-24(14-15-25(23)31-27)30-19-7-5-6-13-26(28)29/h14-15,20-22H,5-13,16-19H2,1-4H3,(H,28,29). The number of aryl methyl sites for hydroxylation is 1. The van der Waals surface area contributed by atoms with Gasteiger partial charge in [-0.3, -0.25) is 4.79 Å². The average Bonchev–Trinajstić information content (AvgIpc) is 2.70. The smallest absolute Gasteiger partial charge is 0.303 e. The van der Waals surface area contributed by atoms with Crippen LogP contribution in [0.15, 0.2) is 18.2 Å². The number of hydrogen-bond donors (Lipinski definition) is 1. The molecule has 176 valence electrons. The summed E-state index contributed by atoms with van der Waals surface area (Å²) >= 11 is 0. The van der Waals surface area contributed by atoms with Gasteiger partial charge in [-0.15, -0.1) is 0 Å². The summed E-state index contributed by atoms with van der Waals surface area (Å²) in [6, 6.07) is 6.17. The lowest BCUT2D eigenvalue weighted by atomic mass is 9.86. The molecule has 1 heterocycles. The van der Waals surface area contributed by atoms with Crippen LogP contribution in [0.2, 0.25) is 0 Å². The number of carboxylic acid groups (broad SMARTS) is 1. The van der Waals surface area contributed by atoms with Gasteiger partial charge in [0.25, 0.3) is 0 Å². The summed E-state index contributed by atoms with van der Waals surface area (Å²) in [5.74, 6) is 2.80. The molecule has 0 spiro atoms. The average molecular weight is 433 g/mol. The molecule has 0 bridgehead atoms.